The average molecular weight is 519 g/mol. The Labute approximate surface area is 207 Å². The molecule has 1 aliphatic rings. The van der Waals surface area contributed by atoms with Gasteiger partial charge < -0.3 is 19.5 Å². The topological polar surface area (TPSA) is 42.3 Å². The number of rotatable bonds is 5. The van der Waals surface area contributed by atoms with Crippen LogP contribution < -0.4 is 15.0 Å². The lowest BCUT2D eigenvalue weighted by Gasteiger charge is -2.29. The molecular formula is C26H23BrN4OS. The number of aromatic nitrogens is 2. The number of benzene rings is 2. The molecule has 0 amide bonds. The standard InChI is InChI=1S/C26H23BrN4OS/c1-17-16-18(12-13-19(17)27)31-25(24(29-26(31)33)20-8-5-6-14-28-20)22-10-7-15-30(22)21-9-3-4-11-23(21)32-2/h3-16,24-25H,1-2H3,(H,29,33). The fraction of sp³-hybridized carbons (Fsp3) is 0.154. The first-order chi connectivity index (χ1) is 16.1. The van der Waals surface area contributed by atoms with Gasteiger partial charge >= 0.3 is 0 Å². The van der Waals surface area contributed by atoms with Crippen LogP contribution in [0, 0.1) is 6.92 Å². The van der Waals surface area contributed by atoms with Crippen LogP contribution in [0.2, 0.25) is 0 Å². The van der Waals surface area contributed by atoms with Crippen LogP contribution in [0.1, 0.15) is 29.0 Å². The molecule has 0 saturated carbocycles. The zero-order valence-electron chi connectivity index (χ0n) is 18.3. The molecule has 0 bridgehead atoms. The monoisotopic (exact) mass is 518 g/mol. The van der Waals surface area contributed by atoms with Gasteiger partial charge in [-0.05, 0) is 79.3 Å². The van der Waals surface area contributed by atoms with Crippen LogP contribution in [0.5, 0.6) is 5.75 Å². The minimum absolute atomic E-state index is 0.118. The van der Waals surface area contributed by atoms with Crippen molar-refractivity contribution in [1.82, 2.24) is 14.9 Å². The van der Waals surface area contributed by atoms with Crippen LogP contribution in [0.25, 0.3) is 5.69 Å². The minimum Gasteiger partial charge on any atom is -0.495 e. The van der Waals surface area contributed by atoms with Crippen LogP contribution in [0.3, 0.4) is 0 Å². The molecular weight excluding hydrogens is 496 g/mol. The second-order valence-corrected chi connectivity index (χ2v) is 9.15. The molecule has 1 N–H and O–H groups in total. The third-order valence-electron chi connectivity index (χ3n) is 5.95. The van der Waals surface area contributed by atoms with Gasteiger partial charge in [-0.2, -0.15) is 0 Å². The Bertz CT molecular complexity index is 1310. The molecule has 0 radical (unpaired) electrons. The summed E-state index contributed by atoms with van der Waals surface area (Å²) in [6.07, 6.45) is 3.89. The van der Waals surface area contributed by atoms with Crippen molar-refractivity contribution < 1.29 is 4.74 Å². The normalized spacial score (nSPS) is 17.8. The summed E-state index contributed by atoms with van der Waals surface area (Å²) in [5.41, 5.74) is 5.18. The fourth-order valence-corrected chi connectivity index (χ4v) is 4.99. The van der Waals surface area contributed by atoms with Crippen molar-refractivity contribution >= 4 is 38.9 Å². The van der Waals surface area contributed by atoms with E-state index in [2.05, 4.69) is 85.2 Å². The zero-order chi connectivity index (χ0) is 22.9. The van der Waals surface area contributed by atoms with Crippen molar-refractivity contribution in [2.75, 3.05) is 12.0 Å². The van der Waals surface area contributed by atoms with Crippen molar-refractivity contribution in [2.45, 2.75) is 19.0 Å². The number of hydrogen-bond acceptors (Lipinski definition) is 3. The molecule has 1 aliphatic heterocycles. The molecule has 4 aromatic rings. The molecule has 2 aromatic heterocycles. The molecule has 33 heavy (non-hydrogen) atoms. The molecule has 0 aliphatic carbocycles. The summed E-state index contributed by atoms with van der Waals surface area (Å²) in [5, 5.41) is 4.21. The number of para-hydroxylation sites is 2. The maximum atomic E-state index is 5.88. The first-order valence-corrected chi connectivity index (χ1v) is 11.9. The van der Waals surface area contributed by atoms with Gasteiger partial charge in [-0.3, -0.25) is 4.98 Å². The highest BCUT2D eigenvalue weighted by Crippen LogP contribution is 2.43. The third-order valence-corrected chi connectivity index (χ3v) is 7.15. The summed E-state index contributed by atoms with van der Waals surface area (Å²) in [6.45, 7) is 2.09. The van der Waals surface area contributed by atoms with Crippen molar-refractivity contribution in [3.8, 4) is 11.4 Å². The highest BCUT2D eigenvalue weighted by Gasteiger charge is 2.42. The van der Waals surface area contributed by atoms with Crippen molar-refractivity contribution in [3.05, 3.63) is 107 Å². The Morgan fingerprint density at radius 2 is 1.85 bits per heavy atom. The molecule has 166 valence electrons. The molecule has 2 atom stereocenters. The first-order valence-electron chi connectivity index (χ1n) is 10.7. The van der Waals surface area contributed by atoms with E-state index in [-0.39, 0.29) is 12.1 Å². The Hall–Kier alpha value is -3.16. The second kappa shape index (κ2) is 9.00. The number of hydrogen-bond donors (Lipinski definition) is 1. The molecule has 2 unspecified atom stereocenters. The minimum atomic E-state index is -0.119. The molecule has 2 aromatic carbocycles. The van der Waals surface area contributed by atoms with E-state index in [9.17, 15) is 0 Å². The lowest BCUT2D eigenvalue weighted by molar-refractivity contribution is 0.412. The maximum Gasteiger partial charge on any atom is 0.174 e. The molecule has 5 nitrogen and oxygen atoms in total. The van der Waals surface area contributed by atoms with Gasteiger partial charge in [0.15, 0.2) is 5.11 Å². The van der Waals surface area contributed by atoms with Gasteiger partial charge in [0, 0.05) is 28.2 Å². The number of nitrogens with one attached hydrogen (secondary N) is 1. The van der Waals surface area contributed by atoms with Crippen LogP contribution in [0.4, 0.5) is 5.69 Å². The van der Waals surface area contributed by atoms with E-state index in [1.807, 2.05) is 42.6 Å². The van der Waals surface area contributed by atoms with Crippen LogP contribution in [-0.4, -0.2) is 21.8 Å². The Balaban J connectivity index is 1.69. The number of thiocarbonyl (C=S) groups is 1. The molecule has 1 saturated heterocycles. The number of nitrogens with zero attached hydrogens (tertiary/aromatic N) is 3. The van der Waals surface area contributed by atoms with Gasteiger partial charge in [0.05, 0.1) is 24.5 Å². The predicted octanol–water partition coefficient (Wildman–Crippen LogP) is 6.13. The van der Waals surface area contributed by atoms with Gasteiger partial charge in [-0.1, -0.05) is 34.1 Å². The van der Waals surface area contributed by atoms with E-state index in [0.29, 0.717) is 5.11 Å². The molecule has 0 spiro atoms. The van der Waals surface area contributed by atoms with Crippen molar-refractivity contribution in [1.29, 1.82) is 0 Å². The largest absolute Gasteiger partial charge is 0.495 e. The Morgan fingerprint density at radius 1 is 1.03 bits per heavy atom. The van der Waals surface area contributed by atoms with E-state index in [4.69, 9.17) is 17.0 Å². The summed E-state index contributed by atoms with van der Waals surface area (Å²) in [6, 6.07) is 24.3. The van der Waals surface area contributed by atoms with Gasteiger partial charge in [0.1, 0.15) is 11.8 Å². The van der Waals surface area contributed by atoms with E-state index in [0.717, 1.165) is 38.5 Å². The van der Waals surface area contributed by atoms with E-state index < -0.39 is 0 Å². The molecule has 7 heteroatoms. The summed E-state index contributed by atoms with van der Waals surface area (Å²) in [7, 11) is 1.70. The zero-order valence-corrected chi connectivity index (χ0v) is 20.7. The van der Waals surface area contributed by atoms with E-state index >= 15 is 0 Å². The number of aryl methyl sites for hydroxylation is 1. The SMILES string of the molecule is COc1ccccc1-n1cccc1C1C(c2ccccn2)NC(=S)N1c1ccc(Br)c(C)c1. The first kappa shape index (κ1) is 21.7. The molecule has 5 rings (SSSR count). The highest BCUT2D eigenvalue weighted by atomic mass is 79.9. The Kier molecular flexibility index (Phi) is 5.91. The van der Waals surface area contributed by atoms with E-state index in [1.165, 1.54) is 0 Å². The maximum absolute atomic E-state index is 5.88. The van der Waals surface area contributed by atoms with Crippen LogP contribution in [0.15, 0.2) is 89.7 Å². The quantitative estimate of drug-likeness (QED) is 0.322. The van der Waals surface area contributed by atoms with Gasteiger partial charge in [0.2, 0.25) is 0 Å². The number of anilines is 1. The fourth-order valence-electron chi connectivity index (χ4n) is 4.40. The lowest BCUT2D eigenvalue weighted by atomic mass is 10.0. The van der Waals surface area contributed by atoms with Crippen LogP contribution >= 0.6 is 28.1 Å². The summed E-state index contributed by atoms with van der Waals surface area (Å²) in [4.78, 5) is 6.85. The number of methoxy groups -OCH3 is 1. The predicted molar refractivity (Wildman–Crippen MR) is 139 cm³/mol. The highest BCUT2D eigenvalue weighted by molar-refractivity contribution is 9.10. The van der Waals surface area contributed by atoms with E-state index in [1.54, 1.807) is 7.11 Å². The smallest absolute Gasteiger partial charge is 0.174 e. The summed E-state index contributed by atoms with van der Waals surface area (Å²) < 4.78 is 8.91. The average Bonchev–Trinajstić information content (AvgIpc) is 3.45. The van der Waals surface area contributed by atoms with Crippen molar-refractivity contribution in [3.63, 3.8) is 0 Å². The number of ether oxygens (including phenoxy) is 1. The van der Waals surface area contributed by atoms with Crippen LogP contribution in [-0.2, 0) is 0 Å². The van der Waals surface area contributed by atoms with Gasteiger partial charge in [-0.15, -0.1) is 0 Å². The summed E-state index contributed by atoms with van der Waals surface area (Å²) in [5.74, 6) is 0.809. The van der Waals surface area contributed by atoms with Gasteiger partial charge in [0.25, 0.3) is 0 Å². The number of halogens is 1. The molecule has 3 heterocycles. The van der Waals surface area contributed by atoms with Crippen molar-refractivity contribution in [2.24, 2.45) is 0 Å². The lowest BCUT2D eigenvalue weighted by Crippen LogP contribution is -2.30. The summed E-state index contributed by atoms with van der Waals surface area (Å²) >= 11 is 9.50. The third kappa shape index (κ3) is 3.92. The Morgan fingerprint density at radius 3 is 2.61 bits per heavy atom. The number of pyridine rings is 1. The van der Waals surface area contributed by atoms with Gasteiger partial charge in [-0.25, -0.2) is 0 Å². The second-order valence-electron chi connectivity index (χ2n) is 7.90. The molecule has 1 fully saturated rings.